The molecule has 1 aliphatic carbocycles. The number of aliphatic hydroxyl groups excluding tert-OH is 1. The molecule has 1 aromatic carbocycles. The van der Waals surface area contributed by atoms with Crippen LogP contribution in [-0.4, -0.2) is 25.7 Å². The maximum Gasteiger partial charge on any atom is 0.243 e. The average Bonchev–Trinajstić information content (AvgIpc) is 2.29. The van der Waals surface area contributed by atoms with Crippen molar-refractivity contribution in [2.75, 3.05) is 0 Å². The molecule has 18 heavy (non-hydrogen) atoms. The first-order valence-corrected chi connectivity index (χ1v) is 7.18. The van der Waals surface area contributed by atoms with Gasteiger partial charge in [0.15, 0.2) is 0 Å². The van der Waals surface area contributed by atoms with Crippen LogP contribution in [0.1, 0.15) is 20.3 Å². The van der Waals surface area contributed by atoms with Crippen LogP contribution < -0.4 is 4.72 Å². The lowest BCUT2D eigenvalue weighted by atomic mass is 9.65. The van der Waals surface area contributed by atoms with E-state index in [1.54, 1.807) is 13.8 Å². The molecule has 2 atom stereocenters. The van der Waals surface area contributed by atoms with Crippen molar-refractivity contribution in [1.82, 2.24) is 4.72 Å². The van der Waals surface area contributed by atoms with Crippen LogP contribution in [0.3, 0.4) is 0 Å². The van der Waals surface area contributed by atoms with E-state index in [4.69, 9.17) is 0 Å². The van der Waals surface area contributed by atoms with Crippen molar-refractivity contribution in [3.05, 3.63) is 30.1 Å². The Morgan fingerprint density at radius 1 is 1.39 bits per heavy atom. The summed E-state index contributed by atoms with van der Waals surface area (Å²) in [7, 11) is -3.88. The van der Waals surface area contributed by atoms with E-state index < -0.39 is 27.4 Å². The van der Waals surface area contributed by atoms with E-state index in [9.17, 15) is 17.9 Å². The van der Waals surface area contributed by atoms with Gasteiger partial charge >= 0.3 is 0 Å². The van der Waals surface area contributed by atoms with E-state index in [0.717, 1.165) is 6.07 Å². The normalized spacial score (nSPS) is 26.7. The highest BCUT2D eigenvalue weighted by Crippen LogP contribution is 2.41. The third kappa shape index (κ3) is 2.15. The Hall–Kier alpha value is -0.980. The molecule has 2 unspecified atom stereocenters. The van der Waals surface area contributed by atoms with E-state index in [1.807, 2.05) is 0 Å². The van der Waals surface area contributed by atoms with E-state index in [-0.39, 0.29) is 10.9 Å². The monoisotopic (exact) mass is 273 g/mol. The van der Waals surface area contributed by atoms with Gasteiger partial charge in [0.05, 0.1) is 6.10 Å². The van der Waals surface area contributed by atoms with E-state index in [2.05, 4.69) is 4.72 Å². The number of aliphatic hydroxyl groups is 1. The maximum absolute atomic E-state index is 13.5. The molecule has 0 aromatic heterocycles. The molecule has 0 radical (unpaired) electrons. The van der Waals surface area contributed by atoms with E-state index in [1.165, 1.54) is 18.2 Å². The van der Waals surface area contributed by atoms with Crippen molar-refractivity contribution in [3.63, 3.8) is 0 Å². The molecule has 4 nitrogen and oxygen atoms in total. The third-order valence-corrected chi connectivity index (χ3v) is 5.14. The standard InChI is InChI=1S/C12H16FNO3S/c1-12(2)10(7-11(12)15)14-18(16,17)9-6-4-3-5-8(9)13/h3-6,10-11,14-15H,7H2,1-2H3. The molecule has 0 heterocycles. The summed E-state index contributed by atoms with van der Waals surface area (Å²) in [5.74, 6) is -0.775. The largest absolute Gasteiger partial charge is 0.392 e. The van der Waals surface area contributed by atoms with E-state index >= 15 is 0 Å². The molecule has 0 aliphatic heterocycles. The van der Waals surface area contributed by atoms with Crippen LogP contribution in [0.2, 0.25) is 0 Å². The lowest BCUT2D eigenvalue weighted by molar-refractivity contribution is -0.0645. The SMILES string of the molecule is CC1(C)C(O)CC1NS(=O)(=O)c1ccccc1F. The third-order valence-electron chi connectivity index (χ3n) is 3.64. The first kappa shape index (κ1) is 13.5. The summed E-state index contributed by atoms with van der Waals surface area (Å²) in [5, 5.41) is 9.56. The molecule has 2 N–H and O–H groups in total. The molecule has 0 amide bonds. The van der Waals surface area contributed by atoms with Crippen molar-refractivity contribution in [1.29, 1.82) is 0 Å². The minimum absolute atomic E-state index is 0.348. The Bertz CT molecular complexity index is 556. The molecular weight excluding hydrogens is 257 g/mol. The van der Waals surface area contributed by atoms with Crippen molar-refractivity contribution in [2.24, 2.45) is 5.41 Å². The molecule has 1 saturated carbocycles. The predicted molar refractivity (Wildman–Crippen MR) is 64.9 cm³/mol. The quantitative estimate of drug-likeness (QED) is 0.871. The first-order valence-electron chi connectivity index (χ1n) is 5.70. The fourth-order valence-electron chi connectivity index (χ4n) is 2.02. The summed E-state index contributed by atoms with van der Waals surface area (Å²) in [5.41, 5.74) is -0.529. The van der Waals surface area contributed by atoms with Gasteiger partial charge in [-0.25, -0.2) is 17.5 Å². The van der Waals surface area contributed by atoms with Crippen molar-refractivity contribution in [3.8, 4) is 0 Å². The Kier molecular flexibility index (Phi) is 3.21. The number of nitrogens with one attached hydrogen (secondary N) is 1. The van der Waals surface area contributed by atoms with Gasteiger partial charge in [-0.15, -0.1) is 0 Å². The van der Waals surface area contributed by atoms with Crippen molar-refractivity contribution < 1.29 is 17.9 Å². The second-order valence-corrected chi connectivity index (χ2v) is 6.86. The summed E-state index contributed by atoms with van der Waals surface area (Å²) in [6.45, 7) is 3.55. The number of benzene rings is 1. The fourth-order valence-corrected chi connectivity index (χ4v) is 3.50. The highest BCUT2D eigenvalue weighted by Gasteiger charge is 2.49. The van der Waals surface area contributed by atoms with Crippen LogP contribution in [0.15, 0.2) is 29.2 Å². The molecule has 0 bridgehead atoms. The first-order chi connectivity index (χ1) is 8.25. The topological polar surface area (TPSA) is 66.4 Å². The molecule has 100 valence electrons. The highest BCUT2D eigenvalue weighted by molar-refractivity contribution is 7.89. The molecule has 1 aliphatic rings. The number of halogens is 1. The van der Waals surface area contributed by atoms with Crippen LogP contribution >= 0.6 is 0 Å². The zero-order chi connectivity index (χ0) is 13.6. The summed E-state index contributed by atoms with van der Waals surface area (Å²) in [6.07, 6.45) is -0.188. The van der Waals surface area contributed by atoms with Crippen LogP contribution in [0.5, 0.6) is 0 Å². The smallest absolute Gasteiger partial charge is 0.243 e. The molecule has 1 fully saturated rings. The highest BCUT2D eigenvalue weighted by atomic mass is 32.2. The van der Waals surface area contributed by atoms with Gasteiger partial charge in [-0.2, -0.15) is 0 Å². The number of rotatable bonds is 3. The molecule has 0 saturated heterocycles. The predicted octanol–water partition coefficient (Wildman–Crippen LogP) is 1.26. The van der Waals surface area contributed by atoms with Gasteiger partial charge in [0, 0.05) is 11.5 Å². The molecule has 0 spiro atoms. The Balaban J connectivity index is 2.22. The summed E-state index contributed by atoms with van der Waals surface area (Å²) in [6, 6.07) is 4.86. The van der Waals surface area contributed by atoms with Crippen molar-refractivity contribution >= 4 is 10.0 Å². The Morgan fingerprint density at radius 3 is 2.50 bits per heavy atom. The fraction of sp³-hybridized carbons (Fsp3) is 0.500. The summed E-state index contributed by atoms with van der Waals surface area (Å²) in [4.78, 5) is -0.359. The van der Waals surface area contributed by atoms with Crippen LogP contribution in [0.4, 0.5) is 4.39 Å². The van der Waals surface area contributed by atoms with Gasteiger partial charge in [0.25, 0.3) is 0 Å². The minimum atomic E-state index is -3.88. The van der Waals surface area contributed by atoms with Gasteiger partial charge in [-0.1, -0.05) is 26.0 Å². The van der Waals surface area contributed by atoms with Crippen molar-refractivity contribution in [2.45, 2.75) is 37.3 Å². The number of hydrogen-bond acceptors (Lipinski definition) is 3. The Morgan fingerprint density at radius 2 is 2.00 bits per heavy atom. The van der Waals surface area contributed by atoms with Crippen LogP contribution in [0.25, 0.3) is 0 Å². The van der Waals surface area contributed by atoms with Gasteiger partial charge in [-0.3, -0.25) is 0 Å². The molecular formula is C12H16FNO3S. The Labute approximate surface area is 106 Å². The lowest BCUT2D eigenvalue weighted by Gasteiger charge is -2.49. The van der Waals surface area contributed by atoms with Gasteiger partial charge in [0.1, 0.15) is 10.7 Å². The lowest BCUT2D eigenvalue weighted by Crippen LogP contribution is -2.61. The molecule has 2 rings (SSSR count). The number of hydrogen-bond donors (Lipinski definition) is 2. The average molecular weight is 273 g/mol. The molecule has 1 aromatic rings. The van der Waals surface area contributed by atoms with Gasteiger partial charge < -0.3 is 5.11 Å². The second kappa shape index (κ2) is 4.29. The maximum atomic E-state index is 13.5. The zero-order valence-corrected chi connectivity index (χ0v) is 11.0. The van der Waals surface area contributed by atoms with Crippen LogP contribution in [-0.2, 0) is 10.0 Å². The summed E-state index contributed by atoms with van der Waals surface area (Å²) >= 11 is 0. The zero-order valence-electron chi connectivity index (χ0n) is 10.2. The van der Waals surface area contributed by atoms with Crippen LogP contribution in [0, 0.1) is 11.2 Å². The minimum Gasteiger partial charge on any atom is -0.392 e. The molecule has 6 heteroatoms. The van der Waals surface area contributed by atoms with Gasteiger partial charge in [-0.05, 0) is 18.6 Å². The second-order valence-electron chi connectivity index (χ2n) is 5.18. The van der Waals surface area contributed by atoms with Gasteiger partial charge in [0.2, 0.25) is 10.0 Å². The summed E-state index contributed by atoms with van der Waals surface area (Å²) < 4.78 is 39.9. The van der Waals surface area contributed by atoms with E-state index in [0.29, 0.717) is 6.42 Å². The number of sulfonamides is 1.